The lowest BCUT2D eigenvalue weighted by Crippen LogP contribution is -2.47. The summed E-state index contributed by atoms with van der Waals surface area (Å²) in [7, 11) is 1.97. The van der Waals surface area contributed by atoms with Crippen LogP contribution in [0.3, 0.4) is 0 Å². The average Bonchev–Trinajstić information content (AvgIpc) is 2.28. The highest BCUT2D eigenvalue weighted by Crippen LogP contribution is 2.27. The summed E-state index contributed by atoms with van der Waals surface area (Å²) in [5, 5.41) is 9.30. The van der Waals surface area contributed by atoms with Gasteiger partial charge in [0.05, 0.1) is 6.07 Å². The summed E-state index contributed by atoms with van der Waals surface area (Å²) in [5.74, 6) is 0.285. The Morgan fingerprint density at radius 2 is 1.80 bits per heavy atom. The van der Waals surface area contributed by atoms with E-state index < -0.39 is 5.54 Å². The van der Waals surface area contributed by atoms with Gasteiger partial charge in [-0.15, -0.1) is 0 Å². The van der Waals surface area contributed by atoms with Crippen LogP contribution >= 0.6 is 0 Å². The van der Waals surface area contributed by atoms with Crippen LogP contribution in [0.2, 0.25) is 0 Å². The van der Waals surface area contributed by atoms with Gasteiger partial charge in [0.15, 0.2) is 0 Å². The molecule has 0 aliphatic carbocycles. The predicted molar refractivity (Wildman–Crippen MR) is 63.7 cm³/mol. The maximum absolute atomic E-state index is 9.30. The lowest BCUT2D eigenvalue weighted by Gasteiger charge is -2.37. The number of benzene rings is 1. The zero-order valence-corrected chi connectivity index (χ0v) is 9.86. The lowest BCUT2D eigenvalue weighted by molar-refractivity contribution is 0.410. The van der Waals surface area contributed by atoms with Gasteiger partial charge in [0.1, 0.15) is 5.54 Å². The van der Waals surface area contributed by atoms with Crippen molar-refractivity contribution in [3.8, 4) is 6.07 Å². The first-order valence-corrected chi connectivity index (χ1v) is 5.22. The monoisotopic (exact) mass is 202 g/mol. The van der Waals surface area contributed by atoms with Gasteiger partial charge in [-0.2, -0.15) is 5.26 Å². The van der Waals surface area contributed by atoms with Crippen molar-refractivity contribution in [3.63, 3.8) is 0 Å². The molecule has 0 saturated carbocycles. The quantitative estimate of drug-likeness (QED) is 0.753. The number of hydrogen-bond acceptors (Lipinski definition) is 2. The normalized spacial score (nSPS) is 14.4. The molecule has 1 aromatic rings. The van der Waals surface area contributed by atoms with E-state index in [0.717, 1.165) is 5.69 Å². The molecule has 0 aliphatic heterocycles. The van der Waals surface area contributed by atoms with Crippen LogP contribution in [0.25, 0.3) is 0 Å². The Morgan fingerprint density at radius 1 is 1.27 bits per heavy atom. The molecule has 0 amide bonds. The van der Waals surface area contributed by atoms with Crippen molar-refractivity contribution in [1.29, 1.82) is 5.26 Å². The second-order valence-electron chi connectivity index (χ2n) is 4.31. The summed E-state index contributed by atoms with van der Waals surface area (Å²) in [4.78, 5) is 2.04. The molecule has 0 N–H and O–H groups in total. The van der Waals surface area contributed by atoms with Gasteiger partial charge in [0, 0.05) is 12.7 Å². The number of nitriles is 1. The number of para-hydroxylation sites is 1. The molecule has 0 aromatic heterocycles. The third-order valence-electron chi connectivity index (χ3n) is 3.19. The number of nitrogens with zero attached hydrogens (tertiary/aromatic N) is 2. The van der Waals surface area contributed by atoms with E-state index in [0.29, 0.717) is 0 Å². The molecular formula is C13H18N2. The molecule has 15 heavy (non-hydrogen) atoms. The maximum Gasteiger partial charge on any atom is 0.127 e. The van der Waals surface area contributed by atoms with Crippen molar-refractivity contribution in [2.75, 3.05) is 11.9 Å². The van der Waals surface area contributed by atoms with Gasteiger partial charge in [-0.05, 0) is 25.0 Å². The Kier molecular flexibility index (Phi) is 3.36. The number of hydrogen-bond donors (Lipinski definition) is 0. The smallest absolute Gasteiger partial charge is 0.127 e. The maximum atomic E-state index is 9.30. The molecule has 80 valence electrons. The fraction of sp³-hybridized carbons (Fsp3) is 0.462. The second-order valence-corrected chi connectivity index (χ2v) is 4.31. The lowest BCUT2D eigenvalue weighted by atomic mass is 9.88. The van der Waals surface area contributed by atoms with Crippen molar-refractivity contribution in [3.05, 3.63) is 30.3 Å². The molecule has 0 fully saturated rings. The Balaban J connectivity index is 3.04. The third kappa shape index (κ3) is 2.12. The summed E-state index contributed by atoms with van der Waals surface area (Å²) in [6.07, 6.45) is 0. The molecule has 0 bridgehead atoms. The number of anilines is 1. The van der Waals surface area contributed by atoms with Crippen molar-refractivity contribution in [2.24, 2.45) is 5.92 Å². The molecule has 0 spiro atoms. The topological polar surface area (TPSA) is 27.0 Å². The van der Waals surface area contributed by atoms with Gasteiger partial charge in [-0.1, -0.05) is 32.0 Å². The van der Waals surface area contributed by atoms with Crippen molar-refractivity contribution < 1.29 is 0 Å². The Labute approximate surface area is 92.1 Å². The van der Waals surface area contributed by atoms with E-state index in [2.05, 4.69) is 19.9 Å². The third-order valence-corrected chi connectivity index (χ3v) is 3.19. The Bertz CT molecular complexity index is 351. The van der Waals surface area contributed by atoms with E-state index in [9.17, 15) is 5.26 Å². The summed E-state index contributed by atoms with van der Waals surface area (Å²) in [6.45, 7) is 6.12. The van der Waals surface area contributed by atoms with Crippen LogP contribution in [0, 0.1) is 17.2 Å². The van der Waals surface area contributed by atoms with Crippen LogP contribution in [0.4, 0.5) is 5.69 Å². The van der Waals surface area contributed by atoms with Gasteiger partial charge >= 0.3 is 0 Å². The molecule has 1 rings (SSSR count). The molecule has 1 atom stereocenters. The van der Waals surface area contributed by atoms with E-state index in [-0.39, 0.29) is 5.92 Å². The molecule has 1 unspecified atom stereocenters. The average molecular weight is 202 g/mol. The van der Waals surface area contributed by atoms with Crippen molar-refractivity contribution in [1.82, 2.24) is 0 Å². The number of rotatable bonds is 3. The van der Waals surface area contributed by atoms with E-state index in [1.807, 2.05) is 49.2 Å². The van der Waals surface area contributed by atoms with Gasteiger partial charge < -0.3 is 4.90 Å². The van der Waals surface area contributed by atoms with Gasteiger partial charge in [-0.3, -0.25) is 0 Å². The summed E-state index contributed by atoms with van der Waals surface area (Å²) in [6, 6.07) is 12.4. The summed E-state index contributed by atoms with van der Waals surface area (Å²) >= 11 is 0. The van der Waals surface area contributed by atoms with Crippen LogP contribution in [0.15, 0.2) is 30.3 Å². The molecule has 0 radical (unpaired) electrons. The first-order chi connectivity index (χ1) is 7.02. The van der Waals surface area contributed by atoms with Gasteiger partial charge in [-0.25, -0.2) is 0 Å². The van der Waals surface area contributed by atoms with E-state index in [1.54, 1.807) is 0 Å². The minimum atomic E-state index is -0.457. The highest BCUT2D eigenvalue weighted by molar-refractivity contribution is 5.50. The van der Waals surface area contributed by atoms with Crippen LogP contribution in [0.5, 0.6) is 0 Å². The predicted octanol–water partition coefficient (Wildman–Crippen LogP) is 3.06. The SMILES string of the molecule is CC(C)C(C)(C#N)N(C)c1ccccc1. The summed E-state index contributed by atoms with van der Waals surface area (Å²) in [5.41, 5.74) is 0.622. The zero-order chi connectivity index (χ0) is 11.5. The van der Waals surface area contributed by atoms with Crippen LogP contribution in [-0.2, 0) is 0 Å². The van der Waals surface area contributed by atoms with E-state index >= 15 is 0 Å². The second kappa shape index (κ2) is 4.35. The summed E-state index contributed by atoms with van der Waals surface area (Å²) < 4.78 is 0. The van der Waals surface area contributed by atoms with Gasteiger partial charge in [0.25, 0.3) is 0 Å². The fourth-order valence-corrected chi connectivity index (χ4v) is 1.51. The first-order valence-electron chi connectivity index (χ1n) is 5.22. The standard InChI is InChI=1S/C13H18N2/c1-11(2)13(3,10-14)15(4)12-8-6-5-7-9-12/h5-9,11H,1-4H3. The zero-order valence-electron chi connectivity index (χ0n) is 9.86. The minimum Gasteiger partial charge on any atom is -0.356 e. The van der Waals surface area contributed by atoms with Crippen molar-refractivity contribution >= 4 is 5.69 Å². The van der Waals surface area contributed by atoms with Crippen LogP contribution in [-0.4, -0.2) is 12.6 Å². The van der Waals surface area contributed by atoms with E-state index in [4.69, 9.17) is 0 Å². The Morgan fingerprint density at radius 3 is 2.20 bits per heavy atom. The molecule has 0 saturated heterocycles. The van der Waals surface area contributed by atoms with Crippen LogP contribution < -0.4 is 4.90 Å². The molecular weight excluding hydrogens is 184 g/mol. The molecule has 1 aromatic carbocycles. The van der Waals surface area contributed by atoms with Gasteiger partial charge in [0.2, 0.25) is 0 Å². The molecule has 2 heteroatoms. The Hall–Kier alpha value is -1.49. The molecule has 0 aliphatic rings. The van der Waals surface area contributed by atoms with E-state index in [1.165, 1.54) is 0 Å². The molecule has 2 nitrogen and oxygen atoms in total. The fourth-order valence-electron chi connectivity index (χ4n) is 1.51. The highest BCUT2D eigenvalue weighted by Gasteiger charge is 2.32. The highest BCUT2D eigenvalue weighted by atomic mass is 15.2. The largest absolute Gasteiger partial charge is 0.356 e. The van der Waals surface area contributed by atoms with Crippen molar-refractivity contribution in [2.45, 2.75) is 26.3 Å². The van der Waals surface area contributed by atoms with Crippen LogP contribution in [0.1, 0.15) is 20.8 Å². The first kappa shape index (κ1) is 11.6. The minimum absolute atomic E-state index is 0.285. The molecule has 0 heterocycles.